The van der Waals surface area contributed by atoms with E-state index in [-0.39, 0.29) is 5.91 Å². The molecular formula is C17H16N2OS2. The fraction of sp³-hybridized carbons (Fsp3) is 0.176. The molecule has 0 radical (unpaired) electrons. The van der Waals surface area contributed by atoms with E-state index in [1.165, 1.54) is 11.3 Å². The number of anilines is 1. The Hall–Kier alpha value is -1.98. The zero-order valence-corrected chi connectivity index (χ0v) is 14.3. The van der Waals surface area contributed by atoms with Crippen molar-refractivity contribution in [3.63, 3.8) is 0 Å². The molecule has 0 unspecified atom stereocenters. The van der Waals surface area contributed by atoms with Crippen LogP contribution in [0.15, 0.2) is 35.7 Å². The van der Waals surface area contributed by atoms with E-state index in [0.29, 0.717) is 4.88 Å². The van der Waals surface area contributed by atoms with Crippen molar-refractivity contribution in [3.8, 4) is 9.88 Å². The van der Waals surface area contributed by atoms with Gasteiger partial charge >= 0.3 is 0 Å². The van der Waals surface area contributed by atoms with Crippen molar-refractivity contribution in [2.24, 2.45) is 0 Å². The first-order chi connectivity index (χ1) is 10.5. The van der Waals surface area contributed by atoms with E-state index < -0.39 is 0 Å². The second kappa shape index (κ2) is 6.02. The quantitative estimate of drug-likeness (QED) is 0.731. The Balaban J connectivity index is 1.86. The van der Waals surface area contributed by atoms with Gasteiger partial charge in [-0.15, -0.1) is 22.7 Å². The summed E-state index contributed by atoms with van der Waals surface area (Å²) in [5, 5.41) is 5.89. The highest BCUT2D eigenvalue weighted by molar-refractivity contribution is 7.22. The maximum Gasteiger partial charge on any atom is 0.267 e. The molecule has 1 aromatic carbocycles. The third-order valence-electron chi connectivity index (χ3n) is 3.21. The molecule has 112 valence electrons. The summed E-state index contributed by atoms with van der Waals surface area (Å²) in [6.07, 6.45) is 0. The number of rotatable bonds is 3. The maximum absolute atomic E-state index is 12.5. The van der Waals surface area contributed by atoms with E-state index in [1.807, 2.05) is 50.4 Å². The number of benzene rings is 1. The van der Waals surface area contributed by atoms with Crippen molar-refractivity contribution in [3.05, 3.63) is 57.4 Å². The van der Waals surface area contributed by atoms with Crippen LogP contribution in [0.1, 0.15) is 26.5 Å². The molecule has 2 heterocycles. The van der Waals surface area contributed by atoms with Crippen LogP contribution in [0, 0.1) is 20.8 Å². The van der Waals surface area contributed by atoms with Gasteiger partial charge in [0.15, 0.2) is 0 Å². The van der Waals surface area contributed by atoms with Gasteiger partial charge in [-0.1, -0.05) is 12.1 Å². The van der Waals surface area contributed by atoms with Crippen LogP contribution in [-0.4, -0.2) is 10.9 Å². The monoisotopic (exact) mass is 328 g/mol. The van der Waals surface area contributed by atoms with E-state index in [1.54, 1.807) is 11.3 Å². The molecule has 3 aromatic rings. The van der Waals surface area contributed by atoms with E-state index in [0.717, 1.165) is 32.4 Å². The molecule has 0 spiro atoms. The Morgan fingerprint density at radius 1 is 1.14 bits per heavy atom. The van der Waals surface area contributed by atoms with Crippen molar-refractivity contribution in [1.29, 1.82) is 0 Å². The predicted molar refractivity (Wildman–Crippen MR) is 94.0 cm³/mol. The fourth-order valence-corrected chi connectivity index (χ4v) is 4.11. The number of carbonyl (C=O) groups excluding carboxylic acids is 1. The van der Waals surface area contributed by atoms with Crippen LogP contribution in [0.5, 0.6) is 0 Å². The molecule has 5 heteroatoms. The van der Waals surface area contributed by atoms with Crippen molar-refractivity contribution in [2.45, 2.75) is 20.8 Å². The van der Waals surface area contributed by atoms with Crippen LogP contribution < -0.4 is 5.32 Å². The van der Waals surface area contributed by atoms with Gasteiger partial charge in [0, 0.05) is 5.69 Å². The molecule has 0 aliphatic carbocycles. The topological polar surface area (TPSA) is 42.0 Å². The number of carbonyl (C=O) groups is 1. The average molecular weight is 328 g/mol. The lowest BCUT2D eigenvalue weighted by molar-refractivity contribution is 0.103. The van der Waals surface area contributed by atoms with Crippen LogP contribution in [0.2, 0.25) is 0 Å². The lowest BCUT2D eigenvalue weighted by Gasteiger charge is -2.06. The minimum absolute atomic E-state index is 0.0946. The largest absolute Gasteiger partial charge is 0.321 e. The van der Waals surface area contributed by atoms with Crippen LogP contribution >= 0.6 is 22.7 Å². The van der Waals surface area contributed by atoms with Crippen molar-refractivity contribution in [1.82, 2.24) is 4.98 Å². The van der Waals surface area contributed by atoms with Gasteiger partial charge in [-0.3, -0.25) is 4.79 Å². The number of aryl methyl sites for hydroxylation is 3. The van der Waals surface area contributed by atoms with Gasteiger partial charge in [-0.2, -0.15) is 0 Å². The molecule has 2 aromatic heterocycles. The molecule has 0 saturated heterocycles. The molecule has 0 atom stereocenters. The normalized spacial score (nSPS) is 10.7. The van der Waals surface area contributed by atoms with E-state index in [9.17, 15) is 4.79 Å². The minimum atomic E-state index is -0.0946. The molecule has 0 saturated carbocycles. The number of nitrogens with one attached hydrogen (secondary N) is 1. The smallest absolute Gasteiger partial charge is 0.267 e. The number of amides is 1. The molecule has 0 aliphatic rings. The third-order valence-corrected chi connectivity index (χ3v) is 5.41. The molecule has 0 fully saturated rings. The maximum atomic E-state index is 12.5. The summed E-state index contributed by atoms with van der Waals surface area (Å²) in [6, 6.07) is 10.0. The molecular weight excluding hydrogens is 312 g/mol. The number of hydrogen-bond acceptors (Lipinski definition) is 4. The standard InChI is InChI=1S/C17H16N2OS2/c1-10-7-11(2)9-13(8-10)19-16(20)15-12(3)18-17(22-15)14-5-4-6-21-14/h4-9H,1-3H3,(H,19,20). The van der Waals surface area contributed by atoms with Crippen molar-refractivity contribution < 1.29 is 4.79 Å². The highest BCUT2D eigenvalue weighted by Gasteiger charge is 2.17. The summed E-state index contributed by atoms with van der Waals surface area (Å²) in [5.74, 6) is -0.0946. The first-order valence-electron chi connectivity index (χ1n) is 6.94. The minimum Gasteiger partial charge on any atom is -0.321 e. The summed E-state index contributed by atoms with van der Waals surface area (Å²) >= 11 is 3.07. The van der Waals surface area contributed by atoms with Gasteiger partial charge < -0.3 is 5.32 Å². The molecule has 22 heavy (non-hydrogen) atoms. The Morgan fingerprint density at radius 2 is 1.86 bits per heavy atom. The third kappa shape index (κ3) is 3.10. The van der Waals surface area contributed by atoms with Gasteiger partial charge in [-0.05, 0) is 55.5 Å². The van der Waals surface area contributed by atoms with Crippen molar-refractivity contribution >= 4 is 34.3 Å². The van der Waals surface area contributed by atoms with Crippen LogP contribution in [0.25, 0.3) is 9.88 Å². The van der Waals surface area contributed by atoms with Gasteiger partial charge in [0.05, 0.1) is 10.6 Å². The Kier molecular flexibility index (Phi) is 4.09. The van der Waals surface area contributed by atoms with E-state index in [4.69, 9.17) is 0 Å². The number of thiophene rings is 1. The van der Waals surface area contributed by atoms with Gasteiger partial charge in [0.2, 0.25) is 0 Å². The lowest BCUT2D eigenvalue weighted by Crippen LogP contribution is -2.11. The molecule has 3 rings (SSSR count). The lowest BCUT2D eigenvalue weighted by atomic mass is 10.1. The summed E-state index contributed by atoms with van der Waals surface area (Å²) in [6.45, 7) is 5.93. The first kappa shape index (κ1) is 14.9. The van der Waals surface area contributed by atoms with E-state index in [2.05, 4.69) is 16.4 Å². The summed E-state index contributed by atoms with van der Waals surface area (Å²) in [7, 11) is 0. The highest BCUT2D eigenvalue weighted by atomic mass is 32.1. The summed E-state index contributed by atoms with van der Waals surface area (Å²) in [4.78, 5) is 18.8. The van der Waals surface area contributed by atoms with Gasteiger partial charge in [0.1, 0.15) is 9.88 Å². The molecule has 0 aliphatic heterocycles. The Bertz CT molecular complexity index is 799. The molecule has 3 nitrogen and oxygen atoms in total. The Morgan fingerprint density at radius 3 is 2.50 bits per heavy atom. The number of aromatic nitrogens is 1. The van der Waals surface area contributed by atoms with Crippen molar-refractivity contribution in [2.75, 3.05) is 5.32 Å². The van der Waals surface area contributed by atoms with E-state index >= 15 is 0 Å². The molecule has 1 N–H and O–H groups in total. The zero-order chi connectivity index (χ0) is 15.7. The SMILES string of the molecule is Cc1cc(C)cc(NC(=O)c2sc(-c3cccs3)nc2C)c1. The van der Waals surface area contributed by atoms with Gasteiger partial charge in [-0.25, -0.2) is 4.98 Å². The number of thiazole rings is 1. The number of hydrogen-bond donors (Lipinski definition) is 1. The summed E-state index contributed by atoms with van der Waals surface area (Å²) < 4.78 is 0. The number of nitrogens with zero attached hydrogens (tertiary/aromatic N) is 1. The fourth-order valence-electron chi connectivity index (χ4n) is 2.35. The van der Waals surface area contributed by atoms with Crippen LogP contribution in [-0.2, 0) is 0 Å². The van der Waals surface area contributed by atoms with Crippen LogP contribution in [0.3, 0.4) is 0 Å². The Labute approximate surface area is 137 Å². The van der Waals surface area contributed by atoms with Crippen LogP contribution in [0.4, 0.5) is 5.69 Å². The second-order valence-electron chi connectivity index (χ2n) is 5.24. The average Bonchev–Trinajstić information content (AvgIpc) is 3.05. The summed E-state index contributed by atoms with van der Waals surface area (Å²) in [5.41, 5.74) is 3.87. The van der Waals surface area contributed by atoms with Gasteiger partial charge in [0.25, 0.3) is 5.91 Å². The first-order valence-corrected chi connectivity index (χ1v) is 8.63. The highest BCUT2D eigenvalue weighted by Crippen LogP contribution is 2.31. The second-order valence-corrected chi connectivity index (χ2v) is 7.19. The molecule has 1 amide bonds. The zero-order valence-electron chi connectivity index (χ0n) is 12.6. The molecule has 0 bridgehead atoms. The predicted octanol–water partition coefficient (Wildman–Crippen LogP) is 5.05.